The van der Waals surface area contributed by atoms with E-state index in [-0.39, 0.29) is 0 Å². The molecule has 0 unspecified atom stereocenters. The van der Waals surface area contributed by atoms with Crippen LogP contribution < -0.4 is 5.73 Å². The van der Waals surface area contributed by atoms with Crippen molar-refractivity contribution in [3.63, 3.8) is 0 Å². The normalized spacial score (nSPS) is 11.1. The number of hydrogen-bond donors (Lipinski definition) is 1. The number of pyridine rings is 1. The molecule has 0 aromatic carbocycles. The Morgan fingerprint density at radius 2 is 2.25 bits per heavy atom. The largest absolute Gasteiger partial charge is 0.397 e. The second-order valence-corrected chi connectivity index (χ2v) is 4.46. The first-order valence-electron chi connectivity index (χ1n) is 4.88. The standard InChI is InChI=1S/C11H10N4S/c1-15-10-8(3-2-5-13-10)14-11(15)9-7(12)4-6-16-9/h2-6H,12H2,1H3. The number of nitrogens with zero attached hydrogens (tertiary/aromatic N) is 3. The Morgan fingerprint density at radius 1 is 1.38 bits per heavy atom. The molecule has 3 aromatic heterocycles. The molecule has 0 saturated carbocycles. The molecule has 0 aliphatic carbocycles. The van der Waals surface area contributed by atoms with Crippen LogP contribution in [0.3, 0.4) is 0 Å². The van der Waals surface area contributed by atoms with Crippen LogP contribution >= 0.6 is 11.3 Å². The van der Waals surface area contributed by atoms with E-state index < -0.39 is 0 Å². The molecule has 16 heavy (non-hydrogen) atoms. The Bertz CT molecular complexity index is 653. The highest BCUT2D eigenvalue weighted by atomic mass is 32.1. The van der Waals surface area contributed by atoms with Gasteiger partial charge in [0.1, 0.15) is 5.52 Å². The van der Waals surface area contributed by atoms with Crippen LogP contribution in [0.1, 0.15) is 0 Å². The molecule has 0 atom stereocenters. The van der Waals surface area contributed by atoms with Gasteiger partial charge in [0.05, 0.1) is 10.6 Å². The average Bonchev–Trinajstić information content (AvgIpc) is 2.84. The first kappa shape index (κ1) is 9.35. The first-order chi connectivity index (χ1) is 7.77. The third-order valence-corrected chi connectivity index (χ3v) is 3.45. The molecule has 0 spiro atoms. The topological polar surface area (TPSA) is 56.7 Å². The minimum absolute atomic E-state index is 0.767. The molecule has 0 saturated heterocycles. The molecule has 4 nitrogen and oxygen atoms in total. The first-order valence-corrected chi connectivity index (χ1v) is 5.76. The van der Waals surface area contributed by atoms with Crippen molar-refractivity contribution in [1.29, 1.82) is 0 Å². The fraction of sp³-hybridized carbons (Fsp3) is 0.0909. The quantitative estimate of drug-likeness (QED) is 0.697. The van der Waals surface area contributed by atoms with Crippen molar-refractivity contribution in [3.05, 3.63) is 29.8 Å². The molecule has 0 aliphatic rings. The van der Waals surface area contributed by atoms with Gasteiger partial charge in [0.15, 0.2) is 11.5 Å². The third-order valence-electron chi connectivity index (χ3n) is 2.53. The summed E-state index contributed by atoms with van der Waals surface area (Å²) in [6.07, 6.45) is 1.77. The fourth-order valence-corrected chi connectivity index (χ4v) is 2.57. The summed E-state index contributed by atoms with van der Waals surface area (Å²) in [5.74, 6) is 0.876. The lowest BCUT2D eigenvalue weighted by Crippen LogP contribution is -1.94. The van der Waals surface area contributed by atoms with E-state index in [0.29, 0.717) is 0 Å². The Labute approximate surface area is 96.4 Å². The lowest BCUT2D eigenvalue weighted by Gasteiger charge is -1.99. The summed E-state index contributed by atoms with van der Waals surface area (Å²) < 4.78 is 1.97. The van der Waals surface area contributed by atoms with Gasteiger partial charge in [0.25, 0.3) is 0 Å². The minimum atomic E-state index is 0.767. The van der Waals surface area contributed by atoms with Gasteiger partial charge in [-0.3, -0.25) is 0 Å². The highest BCUT2D eigenvalue weighted by Gasteiger charge is 2.13. The Kier molecular flexibility index (Phi) is 1.94. The number of nitrogens with two attached hydrogens (primary N) is 1. The molecule has 5 heteroatoms. The fourth-order valence-electron chi connectivity index (χ4n) is 1.73. The van der Waals surface area contributed by atoms with Gasteiger partial charge >= 0.3 is 0 Å². The predicted octanol–water partition coefficient (Wildman–Crippen LogP) is 2.28. The van der Waals surface area contributed by atoms with E-state index in [1.165, 1.54) is 0 Å². The van der Waals surface area contributed by atoms with Crippen molar-refractivity contribution >= 4 is 28.2 Å². The average molecular weight is 230 g/mol. The van der Waals surface area contributed by atoms with Crippen molar-refractivity contribution in [2.45, 2.75) is 0 Å². The summed E-state index contributed by atoms with van der Waals surface area (Å²) in [7, 11) is 1.96. The van der Waals surface area contributed by atoms with E-state index in [4.69, 9.17) is 5.73 Å². The number of anilines is 1. The van der Waals surface area contributed by atoms with E-state index in [1.807, 2.05) is 35.2 Å². The van der Waals surface area contributed by atoms with Gasteiger partial charge in [-0.25, -0.2) is 9.97 Å². The molecule has 0 amide bonds. The predicted molar refractivity (Wildman–Crippen MR) is 66.2 cm³/mol. The molecular weight excluding hydrogens is 220 g/mol. The van der Waals surface area contributed by atoms with E-state index in [1.54, 1.807) is 17.5 Å². The Balaban J connectivity index is 2.33. The summed E-state index contributed by atoms with van der Waals surface area (Å²) in [5.41, 5.74) is 8.44. The maximum Gasteiger partial charge on any atom is 0.160 e. The number of aromatic nitrogens is 3. The van der Waals surface area contributed by atoms with Crippen LogP contribution in [-0.2, 0) is 7.05 Å². The Hall–Kier alpha value is -1.88. The molecular formula is C11H10N4S. The second kappa shape index (κ2) is 3.31. The number of hydrogen-bond acceptors (Lipinski definition) is 4. The summed E-state index contributed by atoms with van der Waals surface area (Å²) in [4.78, 5) is 9.85. The highest BCUT2D eigenvalue weighted by molar-refractivity contribution is 7.14. The van der Waals surface area contributed by atoms with Crippen molar-refractivity contribution in [2.24, 2.45) is 7.05 Å². The molecule has 3 rings (SSSR count). The van der Waals surface area contributed by atoms with Crippen molar-refractivity contribution < 1.29 is 0 Å². The van der Waals surface area contributed by atoms with Crippen LogP contribution in [-0.4, -0.2) is 14.5 Å². The smallest absolute Gasteiger partial charge is 0.160 e. The summed E-state index contributed by atoms with van der Waals surface area (Å²) in [5, 5.41) is 1.97. The van der Waals surface area contributed by atoms with Gasteiger partial charge in [-0.05, 0) is 23.6 Å². The Morgan fingerprint density at radius 3 is 2.94 bits per heavy atom. The van der Waals surface area contributed by atoms with Gasteiger partial charge in [-0.2, -0.15) is 0 Å². The van der Waals surface area contributed by atoms with Crippen LogP contribution in [0.5, 0.6) is 0 Å². The van der Waals surface area contributed by atoms with Crippen LogP contribution in [0.15, 0.2) is 29.8 Å². The van der Waals surface area contributed by atoms with Crippen molar-refractivity contribution in [1.82, 2.24) is 14.5 Å². The highest BCUT2D eigenvalue weighted by Crippen LogP contribution is 2.31. The van der Waals surface area contributed by atoms with E-state index in [0.717, 1.165) is 27.6 Å². The number of nitrogen functional groups attached to an aromatic ring is 1. The molecule has 80 valence electrons. The maximum absolute atomic E-state index is 5.90. The van der Waals surface area contributed by atoms with E-state index >= 15 is 0 Å². The summed E-state index contributed by atoms with van der Waals surface area (Å²) in [6, 6.07) is 5.74. The molecule has 0 aliphatic heterocycles. The number of imidazole rings is 1. The summed E-state index contributed by atoms with van der Waals surface area (Å²) >= 11 is 1.60. The van der Waals surface area contributed by atoms with Crippen LogP contribution in [0.2, 0.25) is 0 Å². The molecule has 0 bridgehead atoms. The van der Waals surface area contributed by atoms with Crippen LogP contribution in [0, 0.1) is 0 Å². The van der Waals surface area contributed by atoms with Gasteiger partial charge in [-0.15, -0.1) is 11.3 Å². The van der Waals surface area contributed by atoms with Gasteiger partial charge in [0, 0.05) is 13.2 Å². The molecule has 0 radical (unpaired) electrons. The lowest BCUT2D eigenvalue weighted by atomic mass is 10.4. The third kappa shape index (κ3) is 1.22. The number of fused-ring (bicyclic) bond motifs is 1. The van der Waals surface area contributed by atoms with Gasteiger partial charge < -0.3 is 10.3 Å². The molecule has 0 fully saturated rings. The zero-order valence-electron chi connectivity index (χ0n) is 8.71. The van der Waals surface area contributed by atoms with E-state index in [2.05, 4.69) is 9.97 Å². The maximum atomic E-state index is 5.90. The molecule has 3 heterocycles. The molecule has 3 aromatic rings. The monoisotopic (exact) mass is 230 g/mol. The number of thiophene rings is 1. The number of aryl methyl sites for hydroxylation is 1. The van der Waals surface area contributed by atoms with Crippen molar-refractivity contribution in [2.75, 3.05) is 5.73 Å². The van der Waals surface area contributed by atoms with Crippen LogP contribution in [0.25, 0.3) is 21.9 Å². The zero-order chi connectivity index (χ0) is 11.1. The lowest BCUT2D eigenvalue weighted by molar-refractivity contribution is 0.945. The van der Waals surface area contributed by atoms with Gasteiger partial charge in [0.2, 0.25) is 0 Å². The van der Waals surface area contributed by atoms with Gasteiger partial charge in [-0.1, -0.05) is 0 Å². The minimum Gasteiger partial charge on any atom is -0.397 e. The molecule has 2 N–H and O–H groups in total. The second-order valence-electron chi connectivity index (χ2n) is 3.55. The van der Waals surface area contributed by atoms with Crippen molar-refractivity contribution in [3.8, 4) is 10.7 Å². The SMILES string of the molecule is Cn1c(-c2sccc2N)nc2cccnc21. The zero-order valence-corrected chi connectivity index (χ0v) is 9.53. The van der Waals surface area contributed by atoms with E-state index in [9.17, 15) is 0 Å². The summed E-state index contributed by atoms with van der Waals surface area (Å²) in [6.45, 7) is 0. The van der Waals surface area contributed by atoms with Crippen LogP contribution in [0.4, 0.5) is 5.69 Å². The number of rotatable bonds is 1.